The van der Waals surface area contributed by atoms with E-state index in [9.17, 15) is 9.59 Å². The number of nitrogens with one attached hydrogen (secondary N) is 1. The molecule has 1 N–H and O–H groups in total. The molecule has 1 heterocycles. The van der Waals surface area contributed by atoms with E-state index in [4.69, 9.17) is 37.4 Å². The topological polar surface area (TPSA) is 73.9 Å². The Morgan fingerprint density at radius 1 is 1.19 bits per heavy atom. The van der Waals surface area contributed by atoms with Gasteiger partial charge in [-0.3, -0.25) is 4.79 Å². The third kappa shape index (κ3) is 4.41. The van der Waals surface area contributed by atoms with Crippen LogP contribution < -0.4 is 14.8 Å². The van der Waals surface area contributed by atoms with Gasteiger partial charge in [-0.05, 0) is 24.6 Å². The zero-order valence-corrected chi connectivity index (χ0v) is 16.6. The summed E-state index contributed by atoms with van der Waals surface area (Å²) in [5.41, 5.74) is 1.52. The summed E-state index contributed by atoms with van der Waals surface area (Å²) in [6.07, 6.45) is 0. The molecule has 0 atom stereocenters. The van der Waals surface area contributed by atoms with Crippen molar-refractivity contribution in [2.75, 3.05) is 26.1 Å². The van der Waals surface area contributed by atoms with Gasteiger partial charge in [0.05, 0.1) is 20.8 Å². The number of esters is 1. The number of methoxy groups -OCH3 is 2. The number of alkyl halides is 2. The van der Waals surface area contributed by atoms with Gasteiger partial charge in [-0.25, -0.2) is 4.79 Å². The molecule has 0 saturated carbocycles. The van der Waals surface area contributed by atoms with Gasteiger partial charge >= 0.3 is 5.97 Å². The predicted octanol–water partition coefficient (Wildman–Crippen LogP) is 4.35. The maximum Gasteiger partial charge on any atom is 0.341 e. The van der Waals surface area contributed by atoms with Crippen LogP contribution in [-0.2, 0) is 9.53 Å². The van der Waals surface area contributed by atoms with Gasteiger partial charge in [0, 0.05) is 10.9 Å². The average molecular weight is 418 g/mol. The van der Waals surface area contributed by atoms with Crippen LogP contribution in [0.1, 0.15) is 17.3 Å². The molecule has 0 unspecified atom stereocenters. The molecule has 6 nitrogen and oxygen atoms in total. The maximum absolute atomic E-state index is 12.5. The summed E-state index contributed by atoms with van der Waals surface area (Å²) in [6, 6.07) is 5.25. The number of rotatable bonds is 7. The van der Waals surface area contributed by atoms with Crippen LogP contribution in [-0.4, -0.2) is 37.5 Å². The molecule has 140 valence electrons. The summed E-state index contributed by atoms with van der Waals surface area (Å²) in [5.74, 6) is -0.114. The van der Waals surface area contributed by atoms with Gasteiger partial charge in [0.1, 0.15) is 10.6 Å². The first-order chi connectivity index (χ1) is 12.4. The van der Waals surface area contributed by atoms with Crippen LogP contribution in [0.3, 0.4) is 0 Å². The number of ether oxygens (including phenoxy) is 3. The van der Waals surface area contributed by atoms with E-state index < -0.39 is 16.7 Å². The Hall–Kier alpha value is -1.96. The number of amides is 1. The second kappa shape index (κ2) is 9.12. The van der Waals surface area contributed by atoms with Gasteiger partial charge in [-0.15, -0.1) is 11.3 Å². The second-order valence-corrected chi connectivity index (χ2v) is 6.91. The fourth-order valence-corrected chi connectivity index (χ4v) is 3.31. The van der Waals surface area contributed by atoms with E-state index in [2.05, 4.69) is 5.32 Å². The number of hydrogen-bond acceptors (Lipinski definition) is 6. The van der Waals surface area contributed by atoms with Gasteiger partial charge in [0.2, 0.25) is 0 Å². The lowest BCUT2D eigenvalue weighted by Crippen LogP contribution is -2.19. The Morgan fingerprint density at radius 2 is 1.88 bits per heavy atom. The minimum atomic E-state index is -1.25. The Labute approximate surface area is 165 Å². The van der Waals surface area contributed by atoms with E-state index in [-0.39, 0.29) is 12.2 Å². The third-order valence-electron chi connectivity index (χ3n) is 3.40. The van der Waals surface area contributed by atoms with Crippen molar-refractivity contribution in [3.8, 4) is 22.6 Å². The van der Waals surface area contributed by atoms with Gasteiger partial charge < -0.3 is 19.5 Å². The Morgan fingerprint density at radius 3 is 2.46 bits per heavy atom. The van der Waals surface area contributed by atoms with Crippen molar-refractivity contribution in [3.63, 3.8) is 0 Å². The van der Waals surface area contributed by atoms with Crippen molar-refractivity contribution in [2.24, 2.45) is 0 Å². The van der Waals surface area contributed by atoms with Crippen molar-refractivity contribution < 1.29 is 23.8 Å². The number of benzene rings is 1. The summed E-state index contributed by atoms with van der Waals surface area (Å²) in [7, 11) is 3.06. The van der Waals surface area contributed by atoms with Gasteiger partial charge in [-0.1, -0.05) is 29.3 Å². The highest BCUT2D eigenvalue weighted by molar-refractivity contribution is 7.15. The quantitative estimate of drug-likeness (QED) is 0.535. The fourth-order valence-electron chi connectivity index (χ4n) is 2.24. The number of hydrogen-bond donors (Lipinski definition) is 1. The first-order valence-corrected chi connectivity index (χ1v) is 9.28. The molecular formula is C17H17Cl2NO5S. The fraction of sp³-hybridized carbons (Fsp3) is 0.294. The van der Waals surface area contributed by atoms with E-state index in [1.165, 1.54) is 25.6 Å². The molecule has 1 aromatic heterocycles. The molecule has 0 fully saturated rings. The monoisotopic (exact) mass is 417 g/mol. The Bertz CT molecular complexity index is 806. The molecule has 1 aromatic carbocycles. The average Bonchev–Trinajstić information content (AvgIpc) is 3.04. The zero-order valence-electron chi connectivity index (χ0n) is 14.3. The molecule has 0 saturated heterocycles. The van der Waals surface area contributed by atoms with E-state index in [1.807, 2.05) is 0 Å². The molecule has 0 aliphatic rings. The van der Waals surface area contributed by atoms with Crippen molar-refractivity contribution in [2.45, 2.75) is 11.8 Å². The Kier molecular flexibility index (Phi) is 7.14. The van der Waals surface area contributed by atoms with Crippen LogP contribution in [0.2, 0.25) is 0 Å². The van der Waals surface area contributed by atoms with Crippen LogP contribution in [0.5, 0.6) is 11.5 Å². The van der Waals surface area contributed by atoms with Crippen molar-refractivity contribution in [3.05, 3.63) is 29.1 Å². The van der Waals surface area contributed by atoms with Crippen molar-refractivity contribution in [1.29, 1.82) is 0 Å². The number of thiophene rings is 1. The molecule has 0 bridgehead atoms. The predicted molar refractivity (Wildman–Crippen MR) is 103 cm³/mol. The number of halogens is 2. The Balaban J connectivity index is 2.53. The minimum Gasteiger partial charge on any atom is -0.493 e. The number of carbonyl (C=O) groups excluding carboxylic acids is 2. The standard InChI is InChI=1S/C17H17Cl2NO5S/c1-4-25-17(22)13-10(8-26-16(13)20-15(21)14(18)19)9-5-6-11(23-2)12(7-9)24-3/h5-8,14H,4H2,1-3H3,(H,20,21). The second-order valence-electron chi connectivity index (χ2n) is 4.93. The van der Waals surface area contributed by atoms with E-state index in [1.54, 1.807) is 30.5 Å². The largest absolute Gasteiger partial charge is 0.493 e. The third-order valence-corrected chi connectivity index (χ3v) is 4.69. The SMILES string of the molecule is CCOC(=O)c1c(-c2ccc(OC)c(OC)c2)csc1NC(=O)C(Cl)Cl. The molecule has 1 amide bonds. The minimum absolute atomic E-state index is 0.196. The van der Waals surface area contributed by atoms with Crippen LogP contribution in [0.25, 0.3) is 11.1 Å². The van der Waals surface area contributed by atoms with E-state index in [0.717, 1.165) is 0 Å². The summed E-state index contributed by atoms with van der Waals surface area (Å²) in [5, 5.41) is 4.60. The molecule has 2 aromatic rings. The highest BCUT2D eigenvalue weighted by atomic mass is 35.5. The highest BCUT2D eigenvalue weighted by Gasteiger charge is 2.24. The maximum atomic E-state index is 12.5. The molecule has 0 aliphatic carbocycles. The summed E-state index contributed by atoms with van der Waals surface area (Å²) in [6.45, 7) is 1.90. The lowest BCUT2D eigenvalue weighted by molar-refractivity contribution is -0.114. The first kappa shape index (κ1) is 20.4. The molecule has 2 rings (SSSR count). The zero-order chi connectivity index (χ0) is 19.3. The first-order valence-electron chi connectivity index (χ1n) is 7.52. The van der Waals surface area contributed by atoms with Crippen LogP contribution in [0.4, 0.5) is 5.00 Å². The van der Waals surface area contributed by atoms with Crippen LogP contribution in [0.15, 0.2) is 23.6 Å². The van der Waals surface area contributed by atoms with Gasteiger partial charge in [-0.2, -0.15) is 0 Å². The molecule has 26 heavy (non-hydrogen) atoms. The van der Waals surface area contributed by atoms with Gasteiger partial charge in [0.25, 0.3) is 5.91 Å². The van der Waals surface area contributed by atoms with Crippen LogP contribution in [0, 0.1) is 0 Å². The number of anilines is 1. The van der Waals surface area contributed by atoms with Gasteiger partial charge in [0.15, 0.2) is 16.3 Å². The molecular weight excluding hydrogens is 401 g/mol. The van der Waals surface area contributed by atoms with E-state index in [0.29, 0.717) is 27.6 Å². The van der Waals surface area contributed by atoms with E-state index >= 15 is 0 Å². The van der Waals surface area contributed by atoms with Crippen molar-refractivity contribution >= 4 is 51.4 Å². The lowest BCUT2D eigenvalue weighted by Gasteiger charge is -2.11. The summed E-state index contributed by atoms with van der Waals surface area (Å²) >= 11 is 12.3. The summed E-state index contributed by atoms with van der Waals surface area (Å²) in [4.78, 5) is 23.0. The number of carbonyl (C=O) groups is 2. The lowest BCUT2D eigenvalue weighted by atomic mass is 10.0. The normalized spacial score (nSPS) is 10.5. The molecule has 0 spiro atoms. The van der Waals surface area contributed by atoms with Crippen molar-refractivity contribution in [1.82, 2.24) is 0 Å². The highest BCUT2D eigenvalue weighted by Crippen LogP contribution is 2.39. The molecule has 0 radical (unpaired) electrons. The molecule has 9 heteroatoms. The molecule has 0 aliphatic heterocycles. The van der Waals surface area contributed by atoms with Crippen LogP contribution >= 0.6 is 34.5 Å². The summed E-state index contributed by atoms with van der Waals surface area (Å²) < 4.78 is 15.7. The smallest absolute Gasteiger partial charge is 0.341 e.